The van der Waals surface area contributed by atoms with E-state index in [9.17, 15) is 0 Å². The number of hydrogen-bond donors (Lipinski definition) is 0. The molecule has 0 N–H and O–H groups in total. The Kier molecular flexibility index (Phi) is 3.07. The van der Waals surface area contributed by atoms with Gasteiger partial charge in [0.05, 0.1) is 6.54 Å². The minimum atomic E-state index is 0.338. The van der Waals surface area contributed by atoms with Gasteiger partial charge in [0.2, 0.25) is 5.28 Å². The number of thiophene rings is 1. The number of rotatable bonds is 3. The van der Waals surface area contributed by atoms with Crippen LogP contribution < -0.4 is 0 Å². The van der Waals surface area contributed by atoms with Gasteiger partial charge in [0.1, 0.15) is 5.82 Å². The van der Waals surface area contributed by atoms with Crippen molar-refractivity contribution in [2.45, 2.75) is 26.3 Å². The lowest BCUT2D eigenvalue weighted by atomic mass is 10.2. The highest BCUT2D eigenvalue weighted by Gasteiger charge is 2.13. The first-order chi connectivity index (χ1) is 7.18. The Morgan fingerprint density at radius 3 is 2.87 bits per heavy atom. The van der Waals surface area contributed by atoms with Gasteiger partial charge in [0.15, 0.2) is 0 Å². The third-order valence-corrected chi connectivity index (χ3v) is 3.29. The van der Waals surface area contributed by atoms with E-state index in [-0.39, 0.29) is 0 Å². The summed E-state index contributed by atoms with van der Waals surface area (Å²) in [5.41, 5.74) is 0. The molecule has 2 heterocycles. The van der Waals surface area contributed by atoms with E-state index in [1.807, 2.05) is 10.6 Å². The molecule has 0 radical (unpaired) electrons. The highest BCUT2D eigenvalue weighted by Crippen LogP contribution is 2.20. The van der Waals surface area contributed by atoms with Gasteiger partial charge in [0, 0.05) is 10.8 Å². The molecule has 2 aromatic rings. The summed E-state index contributed by atoms with van der Waals surface area (Å²) in [6.07, 6.45) is 0. The lowest BCUT2D eigenvalue weighted by Crippen LogP contribution is -2.05. The van der Waals surface area contributed by atoms with Crippen molar-refractivity contribution in [3.63, 3.8) is 0 Å². The normalized spacial score (nSPS) is 11.2. The molecule has 0 amide bonds. The highest BCUT2D eigenvalue weighted by molar-refractivity contribution is 7.09. The Bertz CT molecular complexity index is 433. The molecule has 0 aliphatic heterocycles. The Hall–Kier alpha value is -0.870. The van der Waals surface area contributed by atoms with Gasteiger partial charge in [-0.25, -0.2) is 0 Å². The van der Waals surface area contributed by atoms with Gasteiger partial charge in [-0.05, 0) is 23.0 Å². The van der Waals surface area contributed by atoms with Crippen molar-refractivity contribution in [1.29, 1.82) is 0 Å². The largest absolute Gasteiger partial charge is 0.296 e. The zero-order chi connectivity index (χ0) is 10.8. The molecule has 0 unspecified atom stereocenters. The van der Waals surface area contributed by atoms with Crippen LogP contribution in [0.25, 0.3) is 0 Å². The first-order valence-corrected chi connectivity index (χ1v) is 6.05. The fraction of sp³-hybridized carbons (Fsp3) is 0.400. The molecule has 0 bridgehead atoms. The van der Waals surface area contributed by atoms with Crippen molar-refractivity contribution in [2.24, 2.45) is 0 Å². The number of hydrogen-bond acceptors (Lipinski definition) is 3. The van der Waals surface area contributed by atoms with Crippen LogP contribution in [0.2, 0.25) is 5.28 Å². The molecule has 80 valence electrons. The second kappa shape index (κ2) is 4.33. The van der Waals surface area contributed by atoms with Gasteiger partial charge in [-0.1, -0.05) is 19.9 Å². The summed E-state index contributed by atoms with van der Waals surface area (Å²) in [6, 6.07) is 4.12. The third kappa shape index (κ3) is 2.21. The molecule has 0 aromatic carbocycles. The quantitative estimate of drug-likeness (QED) is 0.827. The Morgan fingerprint density at radius 2 is 2.27 bits per heavy atom. The molecule has 0 saturated carbocycles. The third-order valence-electron chi connectivity index (χ3n) is 2.14. The Balaban J connectivity index is 2.31. The molecular weight excluding hydrogens is 230 g/mol. The molecule has 2 aromatic heterocycles. The SMILES string of the molecule is CC(C)c1nnc(Cl)n1Cc1cccs1. The van der Waals surface area contributed by atoms with Crippen LogP contribution >= 0.6 is 22.9 Å². The first-order valence-electron chi connectivity index (χ1n) is 4.79. The maximum Gasteiger partial charge on any atom is 0.225 e. The summed E-state index contributed by atoms with van der Waals surface area (Å²) >= 11 is 7.72. The average Bonchev–Trinajstić information content (AvgIpc) is 2.78. The van der Waals surface area contributed by atoms with E-state index >= 15 is 0 Å². The summed E-state index contributed by atoms with van der Waals surface area (Å²) in [5, 5.41) is 10.5. The number of halogens is 1. The van der Waals surface area contributed by atoms with Gasteiger partial charge < -0.3 is 0 Å². The summed E-state index contributed by atoms with van der Waals surface area (Å²) in [5.74, 6) is 1.28. The minimum Gasteiger partial charge on any atom is -0.296 e. The standard InChI is InChI=1S/C10H12ClN3S/c1-7(2)9-12-13-10(11)14(9)6-8-4-3-5-15-8/h3-5,7H,6H2,1-2H3. The van der Waals surface area contributed by atoms with E-state index in [1.54, 1.807) is 11.3 Å². The topological polar surface area (TPSA) is 30.7 Å². The fourth-order valence-electron chi connectivity index (χ4n) is 1.43. The first kappa shape index (κ1) is 10.6. The van der Waals surface area contributed by atoms with E-state index in [2.05, 4.69) is 35.5 Å². The maximum absolute atomic E-state index is 6.00. The van der Waals surface area contributed by atoms with E-state index < -0.39 is 0 Å². The van der Waals surface area contributed by atoms with Gasteiger partial charge in [-0.3, -0.25) is 4.57 Å². The maximum atomic E-state index is 6.00. The summed E-state index contributed by atoms with van der Waals surface area (Å²) in [4.78, 5) is 1.26. The second-order valence-electron chi connectivity index (χ2n) is 3.65. The van der Waals surface area contributed by atoms with Crippen LogP contribution in [0.1, 0.15) is 30.5 Å². The van der Waals surface area contributed by atoms with Crippen LogP contribution in [0.5, 0.6) is 0 Å². The predicted octanol–water partition coefficient (Wildman–Crippen LogP) is 3.16. The zero-order valence-electron chi connectivity index (χ0n) is 8.64. The van der Waals surface area contributed by atoms with Gasteiger partial charge in [-0.2, -0.15) is 0 Å². The van der Waals surface area contributed by atoms with Gasteiger partial charge in [-0.15, -0.1) is 21.5 Å². The van der Waals surface area contributed by atoms with E-state index in [4.69, 9.17) is 11.6 Å². The molecule has 15 heavy (non-hydrogen) atoms. The smallest absolute Gasteiger partial charge is 0.225 e. The molecule has 0 atom stereocenters. The van der Waals surface area contributed by atoms with Crippen molar-refractivity contribution in [3.8, 4) is 0 Å². The Labute approximate surface area is 97.7 Å². The van der Waals surface area contributed by atoms with Crippen LogP contribution in [0.3, 0.4) is 0 Å². The summed E-state index contributed by atoms with van der Waals surface area (Å²) in [6.45, 7) is 4.94. The van der Waals surface area contributed by atoms with Crippen LogP contribution in [-0.2, 0) is 6.54 Å². The lowest BCUT2D eigenvalue weighted by molar-refractivity contribution is 0.674. The lowest BCUT2D eigenvalue weighted by Gasteiger charge is -2.08. The van der Waals surface area contributed by atoms with Crippen LogP contribution in [0, 0.1) is 0 Å². The van der Waals surface area contributed by atoms with E-state index in [0.29, 0.717) is 11.2 Å². The molecule has 0 saturated heterocycles. The Morgan fingerprint density at radius 1 is 1.47 bits per heavy atom. The van der Waals surface area contributed by atoms with Gasteiger partial charge >= 0.3 is 0 Å². The van der Waals surface area contributed by atoms with Gasteiger partial charge in [0.25, 0.3) is 0 Å². The molecule has 2 rings (SSSR count). The van der Waals surface area contributed by atoms with Crippen molar-refractivity contribution >= 4 is 22.9 Å². The molecule has 0 aliphatic rings. The summed E-state index contributed by atoms with van der Waals surface area (Å²) < 4.78 is 1.96. The molecule has 3 nitrogen and oxygen atoms in total. The van der Waals surface area contributed by atoms with Crippen molar-refractivity contribution in [3.05, 3.63) is 33.5 Å². The monoisotopic (exact) mass is 241 g/mol. The van der Waals surface area contributed by atoms with Crippen LogP contribution in [0.4, 0.5) is 0 Å². The van der Waals surface area contributed by atoms with E-state index in [1.165, 1.54) is 4.88 Å². The zero-order valence-corrected chi connectivity index (χ0v) is 10.2. The average molecular weight is 242 g/mol. The molecular formula is C10H12ClN3S. The summed E-state index contributed by atoms with van der Waals surface area (Å²) in [7, 11) is 0. The van der Waals surface area contributed by atoms with Crippen molar-refractivity contribution in [1.82, 2.24) is 14.8 Å². The molecule has 5 heteroatoms. The number of aromatic nitrogens is 3. The second-order valence-corrected chi connectivity index (χ2v) is 5.02. The molecule has 0 spiro atoms. The fourth-order valence-corrected chi connectivity index (χ4v) is 2.30. The molecule has 0 aliphatic carbocycles. The van der Waals surface area contributed by atoms with Crippen LogP contribution in [-0.4, -0.2) is 14.8 Å². The highest BCUT2D eigenvalue weighted by atomic mass is 35.5. The number of nitrogens with zero attached hydrogens (tertiary/aromatic N) is 3. The predicted molar refractivity (Wildman–Crippen MR) is 62.5 cm³/mol. The van der Waals surface area contributed by atoms with Crippen molar-refractivity contribution < 1.29 is 0 Å². The molecule has 0 fully saturated rings. The van der Waals surface area contributed by atoms with Crippen LogP contribution in [0.15, 0.2) is 17.5 Å². The van der Waals surface area contributed by atoms with Crippen molar-refractivity contribution in [2.75, 3.05) is 0 Å². The van der Waals surface area contributed by atoms with E-state index in [0.717, 1.165) is 12.4 Å². The minimum absolute atomic E-state index is 0.338.